The number of alkyl halides is 1. The van der Waals surface area contributed by atoms with Gasteiger partial charge in [-0.05, 0) is 55.9 Å². The molecule has 1 aliphatic carbocycles. The minimum atomic E-state index is 0.223. The van der Waals surface area contributed by atoms with Gasteiger partial charge in [0.15, 0.2) is 0 Å². The number of halogens is 1. The van der Waals surface area contributed by atoms with Crippen LogP contribution >= 0.6 is 11.6 Å². The first-order valence-electron chi connectivity index (χ1n) is 8.51. The maximum absolute atomic E-state index is 6.68. The minimum absolute atomic E-state index is 0.223. The van der Waals surface area contributed by atoms with E-state index in [1.54, 1.807) is 0 Å². The normalized spacial score (nSPS) is 28.6. The first-order chi connectivity index (χ1) is 9.83. The second-order valence-corrected chi connectivity index (χ2v) is 8.31. The predicted molar refractivity (Wildman–Crippen MR) is 90.9 cm³/mol. The minimum Gasteiger partial charge on any atom is -0.270 e. The van der Waals surface area contributed by atoms with Crippen molar-refractivity contribution in [3.63, 3.8) is 0 Å². The van der Waals surface area contributed by atoms with Gasteiger partial charge in [0.1, 0.15) is 0 Å². The summed E-state index contributed by atoms with van der Waals surface area (Å²) < 4.78 is 2.10. The third-order valence-electron chi connectivity index (χ3n) is 5.38. The van der Waals surface area contributed by atoms with Crippen molar-refractivity contribution >= 4 is 11.6 Å². The van der Waals surface area contributed by atoms with E-state index >= 15 is 0 Å². The summed E-state index contributed by atoms with van der Waals surface area (Å²) in [5, 5.41) is 5.09. The molecule has 0 aliphatic heterocycles. The second kappa shape index (κ2) is 6.73. The molecule has 0 spiro atoms. The molecule has 21 heavy (non-hydrogen) atoms. The molecule has 1 fully saturated rings. The van der Waals surface area contributed by atoms with Crippen molar-refractivity contribution in [2.24, 2.45) is 17.3 Å². The van der Waals surface area contributed by atoms with E-state index in [-0.39, 0.29) is 5.41 Å². The van der Waals surface area contributed by atoms with E-state index in [4.69, 9.17) is 16.7 Å². The number of hydrogen-bond acceptors (Lipinski definition) is 1. The van der Waals surface area contributed by atoms with E-state index < -0.39 is 0 Å². The van der Waals surface area contributed by atoms with Gasteiger partial charge in [0.25, 0.3) is 0 Å². The third kappa shape index (κ3) is 4.03. The van der Waals surface area contributed by atoms with Gasteiger partial charge in [-0.1, -0.05) is 34.1 Å². The van der Waals surface area contributed by atoms with Crippen LogP contribution in [-0.4, -0.2) is 15.2 Å². The summed E-state index contributed by atoms with van der Waals surface area (Å²) in [5.74, 6) is 1.38. The zero-order valence-corrected chi connectivity index (χ0v) is 15.0. The molecule has 1 saturated carbocycles. The van der Waals surface area contributed by atoms with Crippen LogP contribution in [0, 0.1) is 17.3 Å². The van der Waals surface area contributed by atoms with E-state index in [1.807, 2.05) is 0 Å². The number of rotatable bonds is 5. The molecule has 2 rings (SSSR count). The summed E-state index contributed by atoms with van der Waals surface area (Å²) in [7, 11) is 0. The molecular formula is C18H31ClN2. The number of hydrogen-bond donors (Lipinski definition) is 0. The lowest BCUT2D eigenvalue weighted by atomic mass is 9.67. The highest BCUT2D eigenvalue weighted by Gasteiger charge is 2.38. The Morgan fingerprint density at radius 1 is 1.43 bits per heavy atom. The van der Waals surface area contributed by atoms with Gasteiger partial charge in [0.2, 0.25) is 0 Å². The summed E-state index contributed by atoms with van der Waals surface area (Å²) in [6.45, 7) is 11.5. The molecule has 4 unspecified atom stereocenters. The molecule has 1 heterocycles. The van der Waals surface area contributed by atoms with E-state index in [2.05, 4.69) is 51.6 Å². The molecule has 0 amide bonds. The molecule has 0 saturated heterocycles. The Balaban J connectivity index is 2.04. The molecular weight excluding hydrogens is 280 g/mol. The largest absolute Gasteiger partial charge is 0.270 e. The molecule has 2 nitrogen and oxygen atoms in total. The van der Waals surface area contributed by atoms with Gasteiger partial charge in [-0.2, -0.15) is 5.10 Å². The van der Waals surface area contributed by atoms with Crippen molar-refractivity contribution in [2.45, 2.75) is 78.1 Å². The summed E-state index contributed by atoms with van der Waals surface area (Å²) in [4.78, 5) is 0. The molecule has 3 heteroatoms. The summed E-state index contributed by atoms with van der Waals surface area (Å²) in [6, 6.07) is 2.67. The Hall–Kier alpha value is -0.500. The Morgan fingerprint density at radius 3 is 2.76 bits per heavy atom. The van der Waals surface area contributed by atoms with Crippen LogP contribution in [0.25, 0.3) is 0 Å². The molecule has 0 aromatic carbocycles. The van der Waals surface area contributed by atoms with Crippen molar-refractivity contribution < 1.29 is 0 Å². The zero-order valence-electron chi connectivity index (χ0n) is 14.3. The van der Waals surface area contributed by atoms with Gasteiger partial charge in [-0.3, -0.25) is 4.68 Å². The average Bonchev–Trinajstić information content (AvgIpc) is 2.85. The summed E-state index contributed by atoms with van der Waals surface area (Å²) in [6.07, 6.45) is 8.01. The fourth-order valence-corrected chi connectivity index (χ4v) is 4.47. The Kier molecular flexibility index (Phi) is 5.40. The van der Waals surface area contributed by atoms with E-state index in [1.165, 1.54) is 18.5 Å². The maximum atomic E-state index is 6.68. The van der Waals surface area contributed by atoms with Gasteiger partial charge in [0.05, 0.1) is 5.69 Å². The van der Waals surface area contributed by atoms with E-state index in [0.29, 0.717) is 17.3 Å². The molecule has 1 aromatic rings. The van der Waals surface area contributed by atoms with Crippen molar-refractivity contribution in [1.29, 1.82) is 0 Å². The molecule has 0 N–H and O–H groups in total. The lowest BCUT2D eigenvalue weighted by molar-refractivity contribution is 0.140. The van der Waals surface area contributed by atoms with Gasteiger partial charge in [-0.25, -0.2) is 0 Å². The van der Waals surface area contributed by atoms with Crippen LogP contribution in [0.2, 0.25) is 0 Å². The Bertz CT molecular complexity index is 452. The van der Waals surface area contributed by atoms with Crippen LogP contribution in [0.4, 0.5) is 0 Å². The van der Waals surface area contributed by atoms with E-state index in [0.717, 1.165) is 25.2 Å². The molecule has 1 aromatic heterocycles. The second-order valence-electron chi connectivity index (χ2n) is 7.75. The Morgan fingerprint density at radius 2 is 2.14 bits per heavy atom. The maximum Gasteiger partial charge on any atom is 0.0630 e. The van der Waals surface area contributed by atoms with Crippen LogP contribution in [0.1, 0.15) is 72.0 Å². The highest BCUT2D eigenvalue weighted by Crippen LogP contribution is 2.44. The van der Waals surface area contributed by atoms with E-state index in [9.17, 15) is 0 Å². The van der Waals surface area contributed by atoms with Crippen LogP contribution in [-0.2, 0) is 6.42 Å². The number of aromatic nitrogens is 2. The van der Waals surface area contributed by atoms with Crippen molar-refractivity contribution in [2.75, 3.05) is 0 Å². The van der Waals surface area contributed by atoms with Crippen molar-refractivity contribution in [1.82, 2.24) is 9.78 Å². The smallest absolute Gasteiger partial charge is 0.0630 e. The molecule has 1 aliphatic rings. The SMILES string of the molecule is CCC(C)n1ccc(CC(C)(C)C2CCC(C)CC2Cl)n1. The molecule has 0 radical (unpaired) electrons. The van der Waals surface area contributed by atoms with Crippen molar-refractivity contribution in [3.05, 3.63) is 18.0 Å². The number of nitrogens with zero attached hydrogens (tertiary/aromatic N) is 2. The van der Waals surface area contributed by atoms with Crippen LogP contribution in [0.15, 0.2) is 12.3 Å². The van der Waals surface area contributed by atoms with Gasteiger partial charge < -0.3 is 0 Å². The first kappa shape index (κ1) is 16.9. The summed E-state index contributed by atoms with van der Waals surface area (Å²) in [5.41, 5.74) is 1.43. The van der Waals surface area contributed by atoms with Gasteiger partial charge >= 0.3 is 0 Å². The highest BCUT2D eigenvalue weighted by molar-refractivity contribution is 6.20. The average molecular weight is 311 g/mol. The quantitative estimate of drug-likeness (QED) is 0.660. The Labute approximate surface area is 135 Å². The van der Waals surface area contributed by atoms with Gasteiger partial charge in [0, 0.05) is 17.6 Å². The lowest BCUT2D eigenvalue weighted by Gasteiger charge is -2.41. The van der Waals surface area contributed by atoms with Gasteiger partial charge in [-0.15, -0.1) is 11.6 Å². The monoisotopic (exact) mass is 310 g/mol. The highest BCUT2D eigenvalue weighted by atomic mass is 35.5. The fourth-order valence-electron chi connectivity index (χ4n) is 3.69. The van der Waals surface area contributed by atoms with Crippen LogP contribution < -0.4 is 0 Å². The van der Waals surface area contributed by atoms with Crippen molar-refractivity contribution in [3.8, 4) is 0 Å². The topological polar surface area (TPSA) is 17.8 Å². The zero-order chi connectivity index (χ0) is 15.6. The third-order valence-corrected chi connectivity index (χ3v) is 5.86. The fraction of sp³-hybridized carbons (Fsp3) is 0.833. The first-order valence-corrected chi connectivity index (χ1v) is 8.95. The predicted octanol–water partition coefficient (Wildman–Crippen LogP) is 5.47. The van der Waals surface area contributed by atoms with Crippen LogP contribution in [0.3, 0.4) is 0 Å². The summed E-state index contributed by atoms with van der Waals surface area (Å²) >= 11 is 6.68. The lowest BCUT2D eigenvalue weighted by Crippen LogP contribution is -2.37. The van der Waals surface area contributed by atoms with Crippen LogP contribution in [0.5, 0.6) is 0 Å². The molecule has 120 valence electrons. The molecule has 4 atom stereocenters. The molecule has 0 bridgehead atoms. The standard InChI is InChI=1S/C18H31ClN2/c1-6-14(3)21-10-9-15(20-21)12-18(4,5)16-8-7-13(2)11-17(16)19/h9-10,13-14,16-17H,6-8,11-12H2,1-5H3.